The highest BCUT2D eigenvalue weighted by Crippen LogP contribution is 2.16. The third-order valence-corrected chi connectivity index (χ3v) is 9.25. The summed E-state index contributed by atoms with van der Waals surface area (Å²) in [7, 11) is 0. The highest BCUT2D eigenvalue weighted by atomic mass is 16.4. The zero-order valence-electron chi connectivity index (χ0n) is 33.3. The average molecular weight is 701 g/mol. The number of aliphatic carboxylic acids is 2. The summed E-state index contributed by atoms with van der Waals surface area (Å²) in [4.78, 5) is 20.7. The van der Waals surface area contributed by atoms with E-state index in [4.69, 9.17) is 20.4 Å². The van der Waals surface area contributed by atoms with Crippen LogP contribution in [0.1, 0.15) is 252 Å². The first-order valence-electron chi connectivity index (χ1n) is 21.5. The first kappa shape index (κ1) is 52.2. The number of aliphatic hydroxyl groups is 2. The molecule has 1 atom stereocenters. The molecule has 6 nitrogen and oxygen atoms in total. The van der Waals surface area contributed by atoms with Crippen molar-refractivity contribution in [2.24, 2.45) is 0 Å². The number of carboxylic acid groups (broad SMARTS) is 2. The van der Waals surface area contributed by atoms with E-state index in [-0.39, 0.29) is 6.61 Å². The lowest BCUT2D eigenvalue weighted by atomic mass is 10.0. The van der Waals surface area contributed by atoms with Crippen molar-refractivity contribution >= 4 is 11.9 Å². The zero-order chi connectivity index (χ0) is 36.9. The molecule has 0 fully saturated rings. The Morgan fingerprint density at radius 3 is 0.633 bits per heavy atom. The molecule has 0 amide bonds. The molecule has 6 heteroatoms. The van der Waals surface area contributed by atoms with Gasteiger partial charge in [-0.3, -0.25) is 9.59 Å². The van der Waals surface area contributed by atoms with E-state index in [1.165, 1.54) is 200 Å². The van der Waals surface area contributed by atoms with Gasteiger partial charge in [-0.25, -0.2) is 0 Å². The first-order chi connectivity index (χ1) is 23.8. The standard InChI is InChI=1S/2C20H40O2.C3H8O2/c2*1-2-3-4-5-6-7-8-9-10-11-12-13-14-15-16-17-18-19-20(21)22;1-3(5)2-4/h2*2-19H2,1H3,(H,21,22);3-5H,2H2,1H3. The molecule has 0 aliphatic heterocycles. The Bertz CT molecular complexity index is 561. The lowest BCUT2D eigenvalue weighted by Gasteiger charge is -2.03. The summed E-state index contributed by atoms with van der Waals surface area (Å²) in [5.41, 5.74) is 0. The van der Waals surface area contributed by atoms with Crippen molar-refractivity contribution in [1.82, 2.24) is 0 Å². The van der Waals surface area contributed by atoms with Crippen molar-refractivity contribution in [3.63, 3.8) is 0 Å². The van der Waals surface area contributed by atoms with Gasteiger partial charge in [0.2, 0.25) is 0 Å². The number of carbonyl (C=O) groups is 2. The maximum Gasteiger partial charge on any atom is 0.303 e. The van der Waals surface area contributed by atoms with Crippen LogP contribution < -0.4 is 0 Å². The van der Waals surface area contributed by atoms with Crippen LogP contribution in [-0.4, -0.2) is 45.1 Å². The minimum Gasteiger partial charge on any atom is -0.481 e. The summed E-state index contributed by atoms with van der Waals surface area (Å²) >= 11 is 0. The first-order valence-corrected chi connectivity index (χ1v) is 21.5. The number of unbranched alkanes of at least 4 members (excludes halogenated alkanes) is 32. The molecule has 0 rings (SSSR count). The second-order valence-corrected chi connectivity index (χ2v) is 14.6. The quantitative estimate of drug-likeness (QED) is 0.0480. The Hall–Kier alpha value is -1.14. The van der Waals surface area contributed by atoms with E-state index >= 15 is 0 Å². The van der Waals surface area contributed by atoms with Crippen molar-refractivity contribution in [2.45, 2.75) is 258 Å². The van der Waals surface area contributed by atoms with Crippen molar-refractivity contribution in [3.05, 3.63) is 0 Å². The van der Waals surface area contributed by atoms with Gasteiger partial charge in [0.1, 0.15) is 0 Å². The summed E-state index contributed by atoms with van der Waals surface area (Å²) in [6.07, 6.45) is 45.7. The van der Waals surface area contributed by atoms with Crippen LogP contribution in [0.2, 0.25) is 0 Å². The highest BCUT2D eigenvalue weighted by molar-refractivity contribution is 5.66. The predicted molar refractivity (Wildman–Crippen MR) is 212 cm³/mol. The molecule has 296 valence electrons. The number of aliphatic hydroxyl groups excluding tert-OH is 2. The second-order valence-electron chi connectivity index (χ2n) is 14.6. The summed E-state index contributed by atoms with van der Waals surface area (Å²) in [5, 5.41) is 33.1. The van der Waals surface area contributed by atoms with Crippen molar-refractivity contribution in [2.75, 3.05) is 6.61 Å². The monoisotopic (exact) mass is 701 g/mol. The Morgan fingerprint density at radius 2 is 0.510 bits per heavy atom. The van der Waals surface area contributed by atoms with Crippen molar-refractivity contribution < 1.29 is 30.0 Å². The van der Waals surface area contributed by atoms with Gasteiger partial charge < -0.3 is 20.4 Å². The molecule has 1 unspecified atom stereocenters. The van der Waals surface area contributed by atoms with E-state index in [0.717, 1.165) is 25.7 Å². The Morgan fingerprint density at radius 1 is 0.367 bits per heavy atom. The fraction of sp³-hybridized carbons (Fsp3) is 0.953. The van der Waals surface area contributed by atoms with E-state index < -0.39 is 18.0 Å². The van der Waals surface area contributed by atoms with Crippen molar-refractivity contribution in [3.8, 4) is 0 Å². The molecule has 49 heavy (non-hydrogen) atoms. The average Bonchev–Trinajstić information content (AvgIpc) is 3.08. The summed E-state index contributed by atoms with van der Waals surface area (Å²) < 4.78 is 0. The molecule has 0 aromatic carbocycles. The summed E-state index contributed by atoms with van der Waals surface area (Å²) in [6, 6.07) is 0. The third kappa shape index (κ3) is 62.4. The Kier molecular flexibility index (Phi) is 52.2. The van der Waals surface area contributed by atoms with Gasteiger partial charge in [0, 0.05) is 12.8 Å². The van der Waals surface area contributed by atoms with Crippen LogP contribution in [0, 0.1) is 0 Å². The topological polar surface area (TPSA) is 115 Å². The van der Waals surface area contributed by atoms with Crippen LogP contribution in [0.15, 0.2) is 0 Å². The minimum atomic E-state index is -0.652. The molecule has 0 aromatic heterocycles. The van der Waals surface area contributed by atoms with Gasteiger partial charge in [0.05, 0.1) is 12.7 Å². The number of rotatable bonds is 37. The smallest absolute Gasteiger partial charge is 0.303 e. The molecule has 0 aromatic rings. The molecule has 0 spiro atoms. The van der Waals surface area contributed by atoms with E-state index in [9.17, 15) is 9.59 Å². The van der Waals surface area contributed by atoms with Gasteiger partial charge in [-0.05, 0) is 19.8 Å². The molecule has 0 saturated heterocycles. The number of carboxylic acids is 2. The Balaban J connectivity index is -0.000000757. The van der Waals surface area contributed by atoms with Crippen LogP contribution in [0.25, 0.3) is 0 Å². The zero-order valence-corrected chi connectivity index (χ0v) is 33.3. The maximum absolute atomic E-state index is 10.4. The van der Waals surface area contributed by atoms with E-state index in [0.29, 0.717) is 12.8 Å². The molecule has 0 bridgehead atoms. The van der Waals surface area contributed by atoms with Gasteiger partial charge in [0.15, 0.2) is 0 Å². The molecule has 0 heterocycles. The van der Waals surface area contributed by atoms with Crippen LogP contribution >= 0.6 is 0 Å². The van der Waals surface area contributed by atoms with Crippen molar-refractivity contribution in [1.29, 1.82) is 0 Å². The predicted octanol–water partition coefficient (Wildman–Crippen LogP) is 13.6. The number of hydrogen-bond donors (Lipinski definition) is 4. The van der Waals surface area contributed by atoms with Gasteiger partial charge in [-0.15, -0.1) is 0 Å². The maximum atomic E-state index is 10.4. The normalized spacial score (nSPS) is 11.4. The molecule has 0 aliphatic rings. The molecular weight excluding hydrogens is 612 g/mol. The minimum absolute atomic E-state index is 0.139. The summed E-state index contributed by atoms with van der Waals surface area (Å²) in [6.45, 7) is 5.94. The number of hydrogen-bond acceptors (Lipinski definition) is 4. The fourth-order valence-corrected chi connectivity index (χ4v) is 6.00. The van der Waals surface area contributed by atoms with E-state index in [1.807, 2.05) is 0 Å². The van der Waals surface area contributed by atoms with Crippen LogP contribution in [-0.2, 0) is 9.59 Å². The van der Waals surface area contributed by atoms with Crippen LogP contribution in [0.3, 0.4) is 0 Å². The van der Waals surface area contributed by atoms with Crippen LogP contribution in [0.5, 0.6) is 0 Å². The lowest BCUT2D eigenvalue weighted by molar-refractivity contribution is -0.138. The molecule has 0 aliphatic carbocycles. The SMILES string of the molecule is CC(O)CO.CCCCCCCCCCCCCCCCCCCC(=O)O.CCCCCCCCCCCCCCCCCCCC(=O)O. The highest BCUT2D eigenvalue weighted by Gasteiger charge is 1.99. The molecule has 4 N–H and O–H groups in total. The van der Waals surface area contributed by atoms with Gasteiger partial charge in [-0.2, -0.15) is 0 Å². The largest absolute Gasteiger partial charge is 0.481 e. The van der Waals surface area contributed by atoms with Crippen LogP contribution in [0.4, 0.5) is 0 Å². The lowest BCUT2D eigenvalue weighted by Crippen LogP contribution is -2.03. The molecular formula is C43H88O6. The van der Waals surface area contributed by atoms with Gasteiger partial charge in [-0.1, -0.05) is 219 Å². The van der Waals surface area contributed by atoms with Gasteiger partial charge in [0.25, 0.3) is 0 Å². The Labute approximate surface area is 306 Å². The summed E-state index contributed by atoms with van der Waals surface area (Å²) in [5.74, 6) is -1.30. The van der Waals surface area contributed by atoms with E-state index in [2.05, 4.69) is 13.8 Å². The third-order valence-electron chi connectivity index (χ3n) is 9.25. The second kappa shape index (κ2) is 49.0. The van der Waals surface area contributed by atoms with E-state index in [1.54, 1.807) is 0 Å². The van der Waals surface area contributed by atoms with Gasteiger partial charge >= 0.3 is 11.9 Å². The fourth-order valence-electron chi connectivity index (χ4n) is 6.00. The molecule has 0 saturated carbocycles. The molecule has 0 radical (unpaired) electrons.